The second-order valence-electron chi connectivity index (χ2n) is 11.9. The molecule has 1 saturated heterocycles. The third-order valence-corrected chi connectivity index (χ3v) is 9.21. The molecular formula is C34H45NO8. The van der Waals surface area contributed by atoms with Crippen molar-refractivity contribution in [2.75, 3.05) is 21.3 Å². The summed E-state index contributed by atoms with van der Waals surface area (Å²) >= 11 is 0. The van der Waals surface area contributed by atoms with Crippen LogP contribution in [-0.2, 0) is 28.6 Å². The largest absolute Gasteiger partial charge is 0.493 e. The Balaban J connectivity index is 1.40. The summed E-state index contributed by atoms with van der Waals surface area (Å²) in [6.45, 7) is 0. The first-order chi connectivity index (χ1) is 21.0. The minimum atomic E-state index is -1.09. The van der Waals surface area contributed by atoms with Crippen LogP contribution in [0.15, 0.2) is 48.5 Å². The maximum absolute atomic E-state index is 12.6. The Morgan fingerprint density at radius 2 is 1.53 bits per heavy atom. The van der Waals surface area contributed by atoms with Crippen molar-refractivity contribution in [3.8, 4) is 11.5 Å². The van der Waals surface area contributed by atoms with Crippen molar-refractivity contribution in [2.24, 2.45) is 5.92 Å². The fourth-order valence-electron chi connectivity index (χ4n) is 6.89. The van der Waals surface area contributed by atoms with Gasteiger partial charge in [-0.3, -0.25) is 14.4 Å². The maximum atomic E-state index is 12.6. The van der Waals surface area contributed by atoms with Gasteiger partial charge in [0.15, 0.2) is 23.7 Å². The van der Waals surface area contributed by atoms with Crippen LogP contribution in [0.2, 0.25) is 0 Å². The number of rotatable bonds is 11. The molecule has 5 rings (SSSR count). The first-order valence-corrected chi connectivity index (χ1v) is 15.6. The van der Waals surface area contributed by atoms with Crippen LogP contribution < -0.4 is 15.0 Å². The number of carbonyl (C=O) groups excluding carboxylic acids is 2. The molecule has 0 radical (unpaired) electrons. The fraction of sp³-hybridized carbons (Fsp3) is 0.588. The van der Waals surface area contributed by atoms with Crippen LogP contribution in [0, 0.1) is 5.92 Å². The van der Waals surface area contributed by atoms with Gasteiger partial charge in [0.05, 0.1) is 33.5 Å². The molecule has 5 atom stereocenters. The van der Waals surface area contributed by atoms with Gasteiger partial charge in [0, 0.05) is 24.3 Å². The molecule has 0 unspecified atom stereocenters. The van der Waals surface area contributed by atoms with E-state index in [0.29, 0.717) is 23.8 Å². The van der Waals surface area contributed by atoms with Gasteiger partial charge in [-0.15, -0.1) is 0 Å². The summed E-state index contributed by atoms with van der Waals surface area (Å²) in [4.78, 5) is 31.3. The number of benzene rings is 2. The number of carbonyl (C=O) groups is 2. The first-order valence-electron chi connectivity index (χ1n) is 15.6. The molecule has 2 aromatic carbocycles. The zero-order valence-electron chi connectivity index (χ0n) is 25.5. The molecule has 2 aromatic rings. The molecule has 2 aliphatic carbocycles. The fourth-order valence-corrected chi connectivity index (χ4v) is 6.89. The minimum absolute atomic E-state index is 0.0233. The van der Waals surface area contributed by atoms with Gasteiger partial charge in [-0.05, 0) is 68.2 Å². The number of hydrogen-bond donors (Lipinski definition) is 1. The van der Waals surface area contributed by atoms with Crippen molar-refractivity contribution in [3.63, 3.8) is 0 Å². The molecule has 1 N–H and O–H groups in total. The molecule has 9 heteroatoms. The standard InChI is InChI=1S/C34H45NO8/c1-38-30-18-17-23(19-31(30)41-24-13-7-8-14-24)26-21-32(43-35-28(26)20-27(33(36)39-2)34(37)40-3)42-29-16-10-9-15-25(29)22-11-5-4-6-12-22/h4-6,11-12,17-19,24-29,32,35H,7-10,13-16,20-21H2,1-3H3/t25-,26+,28+,29+,32+/m0/s1. The lowest BCUT2D eigenvalue weighted by Gasteiger charge is -2.41. The number of ether oxygens (including phenoxy) is 5. The van der Waals surface area contributed by atoms with Gasteiger partial charge < -0.3 is 23.7 Å². The van der Waals surface area contributed by atoms with Crippen molar-refractivity contribution < 1.29 is 38.1 Å². The third-order valence-electron chi connectivity index (χ3n) is 9.21. The van der Waals surface area contributed by atoms with Crippen molar-refractivity contribution in [1.82, 2.24) is 5.48 Å². The van der Waals surface area contributed by atoms with E-state index in [4.69, 9.17) is 28.5 Å². The van der Waals surface area contributed by atoms with Crippen molar-refractivity contribution >= 4 is 11.9 Å². The van der Waals surface area contributed by atoms with Crippen LogP contribution >= 0.6 is 0 Å². The Morgan fingerprint density at radius 3 is 2.23 bits per heavy atom. The average molecular weight is 596 g/mol. The lowest BCUT2D eigenvalue weighted by molar-refractivity contribution is -0.243. The van der Waals surface area contributed by atoms with Crippen molar-refractivity contribution in [2.45, 2.75) is 101 Å². The Labute approximate surface area is 254 Å². The monoisotopic (exact) mass is 595 g/mol. The van der Waals surface area contributed by atoms with Crippen molar-refractivity contribution in [1.29, 1.82) is 0 Å². The summed E-state index contributed by atoms with van der Waals surface area (Å²) in [6, 6.07) is 16.1. The summed E-state index contributed by atoms with van der Waals surface area (Å²) in [7, 11) is 4.19. The molecule has 0 bridgehead atoms. The highest BCUT2D eigenvalue weighted by Gasteiger charge is 2.41. The summed E-state index contributed by atoms with van der Waals surface area (Å²) in [5, 5.41) is 0. The average Bonchev–Trinajstić information content (AvgIpc) is 3.57. The highest BCUT2D eigenvalue weighted by atomic mass is 16.8. The SMILES string of the molecule is COC(=O)C(C[C@H]1NO[C@@H](O[C@@H]2CCCC[C@H]2c2ccccc2)C[C@@H]1c1ccc(OC)c(OC2CCCC2)c1)C(=O)OC. The highest BCUT2D eigenvalue weighted by molar-refractivity contribution is 5.94. The molecule has 0 spiro atoms. The van der Waals surface area contributed by atoms with Gasteiger partial charge in [-0.25, -0.2) is 0 Å². The number of hydroxylamine groups is 1. The molecule has 1 heterocycles. The molecule has 234 valence electrons. The quantitative estimate of drug-likeness (QED) is 0.255. The molecule has 9 nitrogen and oxygen atoms in total. The number of methoxy groups -OCH3 is 3. The van der Waals surface area contributed by atoms with Gasteiger partial charge >= 0.3 is 11.9 Å². The van der Waals surface area contributed by atoms with Gasteiger partial charge in [0.2, 0.25) is 0 Å². The Kier molecular flexibility index (Phi) is 10.9. The second kappa shape index (κ2) is 15.0. The maximum Gasteiger partial charge on any atom is 0.320 e. The Hall–Kier alpha value is -3.14. The number of nitrogens with one attached hydrogen (secondary N) is 1. The van der Waals surface area contributed by atoms with Crippen molar-refractivity contribution in [3.05, 3.63) is 59.7 Å². The van der Waals surface area contributed by atoms with Gasteiger partial charge in [-0.2, -0.15) is 5.48 Å². The molecule has 3 aliphatic rings. The van der Waals surface area contributed by atoms with Crippen LogP contribution in [0.3, 0.4) is 0 Å². The predicted octanol–water partition coefficient (Wildman–Crippen LogP) is 5.82. The van der Waals surface area contributed by atoms with E-state index in [2.05, 4.69) is 29.7 Å². The molecule has 2 saturated carbocycles. The van der Waals surface area contributed by atoms with E-state index < -0.39 is 30.2 Å². The van der Waals surface area contributed by atoms with E-state index >= 15 is 0 Å². The minimum Gasteiger partial charge on any atom is -0.493 e. The van der Waals surface area contributed by atoms with E-state index in [0.717, 1.165) is 50.5 Å². The highest BCUT2D eigenvalue weighted by Crippen LogP contribution is 2.41. The molecule has 1 aliphatic heterocycles. The van der Waals surface area contributed by atoms with Gasteiger partial charge in [-0.1, -0.05) is 49.2 Å². The first kappa shape index (κ1) is 31.3. The zero-order valence-corrected chi connectivity index (χ0v) is 25.5. The normalized spacial score (nSPS) is 26.2. The van der Waals surface area contributed by atoms with Crippen LogP contribution in [0.4, 0.5) is 0 Å². The summed E-state index contributed by atoms with van der Waals surface area (Å²) in [5.41, 5.74) is 5.43. The second-order valence-corrected chi connectivity index (χ2v) is 11.9. The number of esters is 2. The Bertz CT molecular complexity index is 1180. The van der Waals surface area contributed by atoms with E-state index in [1.807, 2.05) is 24.3 Å². The molecular weight excluding hydrogens is 550 g/mol. The third kappa shape index (κ3) is 7.69. The van der Waals surface area contributed by atoms with E-state index in [1.54, 1.807) is 7.11 Å². The molecule has 3 fully saturated rings. The predicted molar refractivity (Wildman–Crippen MR) is 160 cm³/mol. The smallest absolute Gasteiger partial charge is 0.320 e. The lowest BCUT2D eigenvalue weighted by atomic mass is 9.81. The van der Waals surface area contributed by atoms with Crippen LogP contribution in [0.5, 0.6) is 11.5 Å². The van der Waals surface area contributed by atoms with Crippen LogP contribution in [-0.4, -0.2) is 57.8 Å². The van der Waals surface area contributed by atoms with Gasteiger partial charge in [0.1, 0.15) is 0 Å². The van der Waals surface area contributed by atoms with E-state index in [9.17, 15) is 9.59 Å². The van der Waals surface area contributed by atoms with Gasteiger partial charge in [0.25, 0.3) is 0 Å². The molecule has 43 heavy (non-hydrogen) atoms. The number of hydrogen-bond acceptors (Lipinski definition) is 9. The lowest BCUT2D eigenvalue weighted by Crippen LogP contribution is -2.49. The van der Waals surface area contributed by atoms with E-state index in [1.165, 1.54) is 26.2 Å². The summed E-state index contributed by atoms with van der Waals surface area (Å²) in [6.07, 6.45) is 9.00. The van der Waals surface area contributed by atoms with Crippen LogP contribution in [0.1, 0.15) is 87.2 Å². The van der Waals surface area contributed by atoms with E-state index in [-0.39, 0.29) is 24.5 Å². The van der Waals surface area contributed by atoms with Crippen LogP contribution in [0.25, 0.3) is 0 Å². The molecule has 0 aromatic heterocycles. The zero-order chi connectivity index (χ0) is 30.2. The Morgan fingerprint density at radius 1 is 0.837 bits per heavy atom. The summed E-state index contributed by atoms with van der Waals surface area (Å²) < 4.78 is 28.7. The summed E-state index contributed by atoms with van der Waals surface area (Å²) in [5.74, 6) is -0.864. The molecule has 0 amide bonds. The topological polar surface area (TPSA) is 102 Å².